The highest BCUT2D eigenvalue weighted by atomic mass is 32.1. The summed E-state index contributed by atoms with van der Waals surface area (Å²) in [6.07, 6.45) is 4.51. The highest BCUT2D eigenvalue weighted by molar-refractivity contribution is 7.18. The van der Waals surface area contributed by atoms with Gasteiger partial charge in [-0.05, 0) is 12.5 Å². The van der Waals surface area contributed by atoms with Gasteiger partial charge < -0.3 is 5.73 Å². The molecule has 2 rings (SSSR count). The standard InChI is InChI=1S/C9H11N3S/c1-2-6(10)9-12-7-3-4-11-5-8(7)13-9/h3-6H,2,10H2,1H3. The average Bonchev–Trinajstić information content (AvgIpc) is 2.59. The summed E-state index contributed by atoms with van der Waals surface area (Å²) in [6, 6.07) is 1.98. The van der Waals surface area contributed by atoms with E-state index >= 15 is 0 Å². The van der Waals surface area contributed by atoms with E-state index < -0.39 is 0 Å². The number of aromatic nitrogens is 2. The lowest BCUT2D eigenvalue weighted by atomic mass is 10.2. The molecule has 0 saturated carbocycles. The van der Waals surface area contributed by atoms with Crippen LogP contribution >= 0.6 is 11.3 Å². The van der Waals surface area contributed by atoms with E-state index in [1.54, 1.807) is 17.5 Å². The minimum atomic E-state index is 0.0670. The van der Waals surface area contributed by atoms with Gasteiger partial charge in [-0.3, -0.25) is 4.98 Å². The summed E-state index contributed by atoms with van der Waals surface area (Å²) < 4.78 is 1.11. The van der Waals surface area contributed by atoms with Crippen molar-refractivity contribution in [1.29, 1.82) is 0 Å². The van der Waals surface area contributed by atoms with Crippen LogP contribution in [0.1, 0.15) is 24.4 Å². The van der Waals surface area contributed by atoms with Crippen molar-refractivity contribution in [2.45, 2.75) is 19.4 Å². The zero-order valence-electron chi connectivity index (χ0n) is 7.40. The quantitative estimate of drug-likeness (QED) is 0.794. The summed E-state index contributed by atoms with van der Waals surface area (Å²) in [6.45, 7) is 2.06. The third-order valence-electron chi connectivity index (χ3n) is 1.96. The van der Waals surface area contributed by atoms with E-state index in [1.165, 1.54) is 0 Å². The van der Waals surface area contributed by atoms with E-state index in [2.05, 4.69) is 16.9 Å². The molecule has 0 fully saturated rings. The van der Waals surface area contributed by atoms with Gasteiger partial charge in [0.2, 0.25) is 0 Å². The molecule has 2 heterocycles. The van der Waals surface area contributed by atoms with E-state index in [9.17, 15) is 0 Å². The molecule has 0 aliphatic heterocycles. The second kappa shape index (κ2) is 3.40. The molecule has 2 aromatic heterocycles. The first-order valence-electron chi connectivity index (χ1n) is 4.27. The number of fused-ring (bicyclic) bond motifs is 1. The van der Waals surface area contributed by atoms with Crippen molar-refractivity contribution in [2.24, 2.45) is 5.73 Å². The lowest BCUT2D eigenvalue weighted by molar-refractivity contribution is 0.694. The summed E-state index contributed by atoms with van der Waals surface area (Å²) in [4.78, 5) is 8.48. The summed E-state index contributed by atoms with van der Waals surface area (Å²) in [7, 11) is 0. The third-order valence-corrected chi connectivity index (χ3v) is 3.10. The fraction of sp³-hybridized carbons (Fsp3) is 0.333. The Hall–Kier alpha value is -1.000. The van der Waals surface area contributed by atoms with Gasteiger partial charge in [-0.25, -0.2) is 4.98 Å². The van der Waals surface area contributed by atoms with Gasteiger partial charge in [-0.2, -0.15) is 0 Å². The van der Waals surface area contributed by atoms with Crippen LogP contribution in [0.4, 0.5) is 0 Å². The number of nitrogens with zero attached hydrogens (tertiary/aromatic N) is 2. The van der Waals surface area contributed by atoms with Gasteiger partial charge >= 0.3 is 0 Å². The van der Waals surface area contributed by atoms with E-state index in [0.717, 1.165) is 21.6 Å². The van der Waals surface area contributed by atoms with Crippen molar-refractivity contribution in [3.05, 3.63) is 23.5 Å². The Balaban J connectivity index is 2.49. The zero-order chi connectivity index (χ0) is 9.26. The maximum atomic E-state index is 5.89. The summed E-state index contributed by atoms with van der Waals surface area (Å²) >= 11 is 1.63. The fourth-order valence-corrected chi connectivity index (χ4v) is 2.15. The van der Waals surface area contributed by atoms with Crippen molar-refractivity contribution >= 4 is 21.6 Å². The lowest BCUT2D eigenvalue weighted by Gasteiger charge is -2.01. The molecule has 0 aliphatic rings. The van der Waals surface area contributed by atoms with Crippen molar-refractivity contribution in [3.63, 3.8) is 0 Å². The first kappa shape index (κ1) is 8.59. The lowest BCUT2D eigenvalue weighted by Crippen LogP contribution is -2.07. The van der Waals surface area contributed by atoms with Crippen LogP contribution in [0.25, 0.3) is 10.2 Å². The van der Waals surface area contributed by atoms with E-state index in [1.807, 2.05) is 12.3 Å². The molecule has 2 aromatic rings. The summed E-state index contributed by atoms with van der Waals surface area (Å²) in [5.41, 5.74) is 6.88. The van der Waals surface area contributed by atoms with Crippen LogP contribution in [0.2, 0.25) is 0 Å². The molecule has 0 amide bonds. The fourth-order valence-electron chi connectivity index (χ4n) is 1.13. The van der Waals surface area contributed by atoms with Gasteiger partial charge in [0.1, 0.15) is 5.01 Å². The molecule has 68 valence electrons. The number of pyridine rings is 1. The number of thiazole rings is 1. The normalized spacial score (nSPS) is 13.4. The Morgan fingerprint density at radius 3 is 3.15 bits per heavy atom. The third kappa shape index (κ3) is 1.55. The van der Waals surface area contributed by atoms with Crippen LogP contribution < -0.4 is 5.73 Å². The Morgan fingerprint density at radius 1 is 1.62 bits per heavy atom. The second-order valence-electron chi connectivity index (χ2n) is 2.91. The SMILES string of the molecule is CCC(N)c1nc2ccncc2s1. The van der Waals surface area contributed by atoms with Crippen molar-refractivity contribution < 1.29 is 0 Å². The number of hydrogen-bond donors (Lipinski definition) is 1. The van der Waals surface area contributed by atoms with Crippen molar-refractivity contribution in [2.75, 3.05) is 0 Å². The molecule has 3 nitrogen and oxygen atoms in total. The maximum Gasteiger partial charge on any atom is 0.111 e. The molecule has 1 atom stereocenters. The van der Waals surface area contributed by atoms with Gasteiger partial charge in [0.05, 0.1) is 16.3 Å². The van der Waals surface area contributed by atoms with Crippen LogP contribution in [-0.4, -0.2) is 9.97 Å². The Labute approximate surface area is 80.6 Å². The van der Waals surface area contributed by atoms with Crippen LogP contribution in [0.5, 0.6) is 0 Å². The number of nitrogens with two attached hydrogens (primary N) is 1. The summed E-state index contributed by atoms with van der Waals surface area (Å²) in [5, 5.41) is 1.01. The van der Waals surface area contributed by atoms with E-state index in [-0.39, 0.29) is 6.04 Å². The predicted octanol–water partition coefficient (Wildman–Crippen LogP) is 2.10. The maximum absolute atomic E-state index is 5.89. The molecule has 2 N–H and O–H groups in total. The highest BCUT2D eigenvalue weighted by Gasteiger charge is 2.09. The molecular formula is C9H11N3S. The first-order chi connectivity index (χ1) is 6.31. The topological polar surface area (TPSA) is 51.8 Å². The van der Waals surface area contributed by atoms with Crippen LogP contribution in [0.15, 0.2) is 18.5 Å². The van der Waals surface area contributed by atoms with Gasteiger partial charge in [-0.1, -0.05) is 6.92 Å². The van der Waals surface area contributed by atoms with Crippen LogP contribution in [-0.2, 0) is 0 Å². The van der Waals surface area contributed by atoms with Crippen LogP contribution in [0, 0.1) is 0 Å². The zero-order valence-corrected chi connectivity index (χ0v) is 8.21. The van der Waals surface area contributed by atoms with Crippen molar-refractivity contribution in [1.82, 2.24) is 9.97 Å². The van der Waals surface area contributed by atoms with E-state index in [4.69, 9.17) is 5.73 Å². The Morgan fingerprint density at radius 2 is 2.46 bits per heavy atom. The molecule has 0 radical (unpaired) electrons. The molecule has 0 aromatic carbocycles. The second-order valence-corrected chi connectivity index (χ2v) is 3.97. The van der Waals surface area contributed by atoms with Gasteiger partial charge in [0.25, 0.3) is 0 Å². The molecule has 4 heteroatoms. The molecular weight excluding hydrogens is 182 g/mol. The first-order valence-corrected chi connectivity index (χ1v) is 5.09. The number of hydrogen-bond acceptors (Lipinski definition) is 4. The largest absolute Gasteiger partial charge is 0.322 e. The Kier molecular flexibility index (Phi) is 2.24. The van der Waals surface area contributed by atoms with Gasteiger partial charge in [0.15, 0.2) is 0 Å². The molecule has 1 unspecified atom stereocenters. The molecule has 0 saturated heterocycles. The molecule has 0 spiro atoms. The van der Waals surface area contributed by atoms with Crippen molar-refractivity contribution in [3.8, 4) is 0 Å². The highest BCUT2D eigenvalue weighted by Crippen LogP contribution is 2.25. The molecule has 13 heavy (non-hydrogen) atoms. The van der Waals surface area contributed by atoms with Gasteiger partial charge in [-0.15, -0.1) is 11.3 Å². The average molecular weight is 193 g/mol. The number of rotatable bonds is 2. The van der Waals surface area contributed by atoms with E-state index in [0.29, 0.717) is 0 Å². The monoisotopic (exact) mass is 193 g/mol. The van der Waals surface area contributed by atoms with Crippen LogP contribution in [0.3, 0.4) is 0 Å². The molecule has 0 aliphatic carbocycles. The molecule has 0 bridgehead atoms. The smallest absolute Gasteiger partial charge is 0.111 e. The minimum absolute atomic E-state index is 0.0670. The van der Waals surface area contributed by atoms with Gasteiger partial charge in [0, 0.05) is 12.4 Å². The predicted molar refractivity (Wildman–Crippen MR) is 54.6 cm³/mol. The summed E-state index contributed by atoms with van der Waals surface area (Å²) in [5.74, 6) is 0. The minimum Gasteiger partial charge on any atom is -0.322 e. The Bertz CT molecular complexity index is 377.